The second-order valence-electron chi connectivity index (χ2n) is 4.00. The molecule has 0 bridgehead atoms. The zero-order valence-electron chi connectivity index (χ0n) is 9.75. The number of halogens is 4. The van der Waals surface area contributed by atoms with Gasteiger partial charge in [0.15, 0.2) is 5.13 Å². The summed E-state index contributed by atoms with van der Waals surface area (Å²) in [4.78, 5) is 4.49. The van der Waals surface area contributed by atoms with Crippen LogP contribution in [0.1, 0.15) is 0 Å². The molecule has 3 aromatic rings. The average molecular weight is 409 g/mol. The summed E-state index contributed by atoms with van der Waals surface area (Å²) in [7, 11) is 0. The predicted octanol–water partition coefficient (Wildman–Crippen LogP) is 6.76. The van der Waals surface area contributed by atoms with Crippen molar-refractivity contribution >= 4 is 83.1 Å². The summed E-state index contributed by atoms with van der Waals surface area (Å²) in [6.45, 7) is 0. The van der Waals surface area contributed by atoms with Crippen LogP contribution >= 0.6 is 62.1 Å². The largest absolute Gasteiger partial charge is 0.329 e. The van der Waals surface area contributed by atoms with E-state index in [1.54, 1.807) is 12.1 Å². The van der Waals surface area contributed by atoms with Crippen LogP contribution in [0.4, 0.5) is 10.8 Å². The number of nitrogens with zero attached hydrogens (tertiary/aromatic N) is 1. The third-order valence-corrected chi connectivity index (χ3v) is 4.83. The number of rotatable bonds is 2. The Bertz CT molecular complexity index is 780. The number of fused-ring (bicyclic) bond motifs is 1. The van der Waals surface area contributed by atoms with Gasteiger partial charge in [-0.1, -0.05) is 62.1 Å². The SMILES string of the molecule is Clc1cc(Cl)c(Nc2nc3ccc(Br)cc3s2)c(Cl)c1. The monoisotopic (exact) mass is 406 g/mol. The predicted molar refractivity (Wildman–Crippen MR) is 92.1 cm³/mol. The van der Waals surface area contributed by atoms with Crippen molar-refractivity contribution in [2.24, 2.45) is 0 Å². The van der Waals surface area contributed by atoms with Crippen LogP contribution in [0, 0.1) is 0 Å². The maximum absolute atomic E-state index is 6.15. The third-order valence-electron chi connectivity index (χ3n) is 2.59. The van der Waals surface area contributed by atoms with Gasteiger partial charge in [-0.3, -0.25) is 0 Å². The Morgan fingerprint density at radius 1 is 1.05 bits per heavy atom. The highest BCUT2D eigenvalue weighted by Gasteiger charge is 2.11. The molecule has 20 heavy (non-hydrogen) atoms. The molecule has 0 aliphatic heterocycles. The Morgan fingerprint density at radius 2 is 1.75 bits per heavy atom. The highest BCUT2D eigenvalue weighted by Crippen LogP contribution is 2.37. The topological polar surface area (TPSA) is 24.9 Å². The molecule has 2 aromatic carbocycles. The van der Waals surface area contributed by atoms with Crippen LogP contribution in [0.3, 0.4) is 0 Å². The van der Waals surface area contributed by atoms with E-state index in [2.05, 4.69) is 26.2 Å². The first-order valence-corrected chi connectivity index (χ1v) is 8.25. The van der Waals surface area contributed by atoms with Gasteiger partial charge in [0.05, 0.1) is 25.9 Å². The van der Waals surface area contributed by atoms with E-state index in [1.165, 1.54) is 11.3 Å². The van der Waals surface area contributed by atoms with Gasteiger partial charge in [0.2, 0.25) is 0 Å². The molecule has 1 N–H and O–H groups in total. The van der Waals surface area contributed by atoms with Gasteiger partial charge in [0.25, 0.3) is 0 Å². The molecule has 2 nitrogen and oxygen atoms in total. The van der Waals surface area contributed by atoms with Gasteiger partial charge < -0.3 is 5.32 Å². The summed E-state index contributed by atoms with van der Waals surface area (Å²) in [5.41, 5.74) is 1.53. The van der Waals surface area contributed by atoms with Crippen LogP contribution in [0.15, 0.2) is 34.8 Å². The van der Waals surface area contributed by atoms with E-state index in [9.17, 15) is 0 Å². The molecular weight excluding hydrogens is 402 g/mol. The number of nitrogens with one attached hydrogen (secondary N) is 1. The second-order valence-corrected chi connectivity index (χ2v) is 7.20. The Hall–Kier alpha value is -0.520. The fraction of sp³-hybridized carbons (Fsp3) is 0. The summed E-state index contributed by atoms with van der Waals surface area (Å²) in [6.07, 6.45) is 0. The molecular formula is C13H6BrCl3N2S. The van der Waals surface area contributed by atoms with E-state index in [4.69, 9.17) is 34.8 Å². The van der Waals surface area contributed by atoms with Crippen molar-refractivity contribution < 1.29 is 0 Å². The first-order chi connectivity index (χ1) is 9.52. The molecule has 0 aliphatic rings. The van der Waals surface area contributed by atoms with Crippen molar-refractivity contribution in [3.63, 3.8) is 0 Å². The second kappa shape index (κ2) is 5.70. The normalized spacial score (nSPS) is 11.0. The maximum Gasteiger partial charge on any atom is 0.188 e. The molecule has 1 heterocycles. The van der Waals surface area contributed by atoms with Gasteiger partial charge in [-0.2, -0.15) is 0 Å². The first-order valence-electron chi connectivity index (χ1n) is 5.50. The van der Waals surface area contributed by atoms with Crippen molar-refractivity contribution in [1.82, 2.24) is 4.98 Å². The van der Waals surface area contributed by atoms with Crippen LogP contribution in [0.25, 0.3) is 10.2 Å². The molecule has 0 unspecified atom stereocenters. The number of aromatic nitrogens is 1. The van der Waals surface area contributed by atoms with Crippen LogP contribution in [-0.2, 0) is 0 Å². The van der Waals surface area contributed by atoms with E-state index in [1.807, 2.05) is 18.2 Å². The minimum absolute atomic E-state index is 0.461. The van der Waals surface area contributed by atoms with E-state index in [0.717, 1.165) is 19.8 Å². The first kappa shape index (κ1) is 14.4. The van der Waals surface area contributed by atoms with E-state index < -0.39 is 0 Å². The van der Waals surface area contributed by atoms with Crippen LogP contribution in [0.2, 0.25) is 15.1 Å². The van der Waals surface area contributed by atoms with Gasteiger partial charge in [0.1, 0.15) is 0 Å². The molecule has 0 spiro atoms. The molecule has 102 valence electrons. The minimum Gasteiger partial charge on any atom is -0.329 e. The lowest BCUT2D eigenvalue weighted by Gasteiger charge is -2.07. The summed E-state index contributed by atoms with van der Waals surface area (Å²) in [5.74, 6) is 0. The molecule has 3 rings (SSSR count). The van der Waals surface area contributed by atoms with Crippen molar-refractivity contribution in [1.29, 1.82) is 0 Å². The number of hydrogen-bond acceptors (Lipinski definition) is 3. The lowest BCUT2D eigenvalue weighted by molar-refractivity contribution is 1.44. The lowest BCUT2D eigenvalue weighted by Crippen LogP contribution is -1.91. The zero-order valence-corrected chi connectivity index (χ0v) is 14.4. The standard InChI is InChI=1S/C13H6BrCl3N2S/c14-6-1-2-10-11(3-6)20-13(18-10)19-12-8(16)4-7(15)5-9(12)17/h1-5H,(H,18,19). The zero-order chi connectivity index (χ0) is 14.3. The van der Waals surface area contributed by atoms with Gasteiger partial charge in [-0.05, 0) is 30.3 Å². The molecule has 0 atom stereocenters. The third kappa shape index (κ3) is 2.90. The van der Waals surface area contributed by atoms with Crippen LogP contribution < -0.4 is 5.32 Å². The van der Waals surface area contributed by atoms with Crippen LogP contribution in [0.5, 0.6) is 0 Å². The molecule has 0 amide bonds. The van der Waals surface area contributed by atoms with Gasteiger partial charge in [0, 0.05) is 9.50 Å². The summed E-state index contributed by atoms with van der Waals surface area (Å²) in [6, 6.07) is 9.20. The smallest absolute Gasteiger partial charge is 0.188 e. The Balaban J connectivity index is 2.01. The van der Waals surface area contributed by atoms with Crippen molar-refractivity contribution in [2.45, 2.75) is 0 Å². The Kier molecular flexibility index (Phi) is 4.11. The van der Waals surface area contributed by atoms with Crippen molar-refractivity contribution in [3.8, 4) is 0 Å². The van der Waals surface area contributed by atoms with Crippen molar-refractivity contribution in [3.05, 3.63) is 49.9 Å². The number of anilines is 2. The molecule has 0 fully saturated rings. The summed E-state index contributed by atoms with van der Waals surface area (Å²) < 4.78 is 2.09. The number of thiazole rings is 1. The van der Waals surface area contributed by atoms with Gasteiger partial charge >= 0.3 is 0 Å². The average Bonchev–Trinajstić information content (AvgIpc) is 2.75. The van der Waals surface area contributed by atoms with E-state index in [-0.39, 0.29) is 0 Å². The fourth-order valence-corrected chi connectivity index (χ4v) is 4.05. The molecule has 0 aliphatic carbocycles. The Morgan fingerprint density at radius 3 is 2.45 bits per heavy atom. The van der Waals surface area contributed by atoms with E-state index in [0.29, 0.717) is 20.8 Å². The van der Waals surface area contributed by atoms with Crippen LogP contribution in [-0.4, -0.2) is 4.98 Å². The van der Waals surface area contributed by atoms with E-state index >= 15 is 0 Å². The summed E-state index contributed by atoms with van der Waals surface area (Å²) >= 11 is 23.2. The fourth-order valence-electron chi connectivity index (χ4n) is 1.72. The minimum atomic E-state index is 0.461. The molecule has 0 radical (unpaired) electrons. The van der Waals surface area contributed by atoms with Crippen molar-refractivity contribution in [2.75, 3.05) is 5.32 Å². The maximum atomic E-state index is 6.15. The highest BCUT2D eigenvalue weighted by atomic mass is 79.9. The number of hydrogen-bond donors (Lipinski definition) is 1. The molecule has 1 aromatic heterocycles. The lowest BCUT2D eigenvalue weighted by atomic mass is 10.3. The number of benzene rings is 2. The molecule has 0 saturated carbocycles. The van der Waals surface area contributed by atoms with Gasteiger partial charge in [-0.25, -0.2) is 4.98 Å². The highest BCUT2D eigenvalue weighted by molar-refractivity contribution is 9.10. The summed E-state index contributed by atoms with van der Waals surface area (Å²) in [5, 5.41) is 5.29. The quantitative estimate of drug-likeness (QED) is 0.506. The molecule has 7 heteroatoms. The Labute approximate surface area is 142 Å². The molecule has 0 saturated heterocycles. The van der Waals surface area contributed by atoms with Gasteiger partial charge in [-0.15, -0.1) is 0 Å².